The summed E-state index contributed by atoms with van der Waals surface area (Å²) in [6, 6.07) is 6.41. The first-order valence-electron chi connectivity index (χ1n) is 5.94. The summed E-state index contributed by atoms with van der Waals surface area (Å²) in [5.41, 5.74) is 0.974. The van der Waals surface area contributed by atoms with E-state index in [1.54, 1.807) is 19.1 Å². The molecule has 19 heavy (non-hydrogen) atoms. The van der Waals surface area contributed by atoms with Crippen molar-refractivity contribution in [3.8, 4) is 0 Å². The Labute approximate surface area is 113 Å². The van der Waals surface area contributed by atoms with Crippen LogP contribution in [-0.4, -0.2) is 27.1 Å². The number of rotatable bonds is 6. The van der Waals surface area contributed by atoms with Gasteiger partial charge in [0, 0.05) is 13.3 Å². The second kappa shape index (κ2) is 6.68. The number of esters is 1. The van der Waals surface area contributed by atoms with E-state index in [-0.39, 0.29) is 17.6 Å². The van der Waals surface area contributed by atoms with Crippen molar-refractivity contribution in [2.75, 3.05) is 6.61 Å². The van der Waals surface area contributed by atoms with Crippen molar-refractivity contribution in [3.63, 3.8) is 0 Å². The fraction of sp³-hybridized carbons (Fsp3) is 0.462. The SMILES string of the molecule is CC(=O)O[C@@H](C)CCOS(=O)(=O)c1ccc(C)cc1. The molecule has 0 amide bonds. The highest BCUT2D eigenvalue weighted by molar-refractivity contribution is 7.86. The van der Waals surface area contributed by atoms with Crippen LogP contribution in [-0.2, 0) is 23.8 Å². The molecule has 106 valence electrons. The molecular weight excluding hydrogens is 268 g/mol. The van der Waals surface area contributed by atoms with Crippen LogP contribution in [0.1, 0.15) is 25.8 Å². The minimum atomic E-state index is -3.74. The van der Waals surface area contributed by atoms with Gasteiger partial charge in [-0.25, -0.2) is 0 Å². The van der Waals surface area contributed by atoms with E-state index in [0.717, 1.165) is 5.56 Å². The molecule has 0 saturated heterocycles. The molecule has 0 N–H and O–H groups in total. The second-order valence-electron chi connectivity index (χ2n) is 4.30. The number of aryl methyl sites for hydroxylation is 1. The summed E-state index contributed by atoms with van der Waals surface area (Å²) in [7, 11) is -3.74. The van der Waals surface area contributed by atoms with Gasteiger partial charge in [-0.1, -0.05) is 17.7 Å². The number of benzene rings is 1. The zero-order valence-corrected chi connectivity index (χ0v) is 12.1. The van der Waals surface area contributed by atoms with Crippen LogP contribution in [0.3, 0.4) is 0 Å². The average Bonchev–Trinajstić information content (AvgIpc) is 2.28. The van der Waals surface area contributed by atoms with Crippen LogP contribution in [0.15, 0.2) is 29.2 Å². The molecule has 0 aliphatic carbocycles. The molecule has 0 saturated carbocycles. The Morgan fingerprint density at radius 1 is 1.26 bits per heavy atom. The van der Waals surface area contributed by atoms with Gasteiger partial charge in [-0.05, 0) is 26.0 Å². The number of carbonyl (C=O) groups is 1. The Morgan fingerprint density at radius 2 is 1.84 bits per heavy atom. The third kappa shape index (κ3) is 5.40. The minimum absolute atomic E-state index is 0.0232. The zero-order chi connectivity index (χ0) is 14.5. The predicted octanol–water partition coefficient (Wildman–Crippen LogP) is 2.04. The first kappa shape index (κ1) is 15.7. The molecule has 1 rings (SSSR count). The normalized spacial score (nSPS) is 13.0. The predicted molar refractivity (Wildman–Crippen MR) is 70.2 cm³/mol. The maximum Gasteiger partial charge on any atom is 0.302 e. The molecule has 1 aromatic rings. The molecule has 1 aromatic carbocycles. The smallest absolute Gasteiger partial charge is 0.302 e. The van der Waals surface area contributed by atoms with Gasteiger partial charge in [-0.2, -0.15) is 8.42 Å². The van der Waals surface area contributed by atoms with Crippen LogP contribution >= 0.6 is 0 Å². The van der Waals surface area contributed by atoms with Crippen molar-refractivity contribution < 1.29 is 22.1 Å². The summed E-state index contributed by atoms with van der Waals surface area (Å²) in [5, 5.41) is 0. The third-order valence-corrected chi connectivity index (χ3v) is 3.77. The zero-order valence-electron chi connectivity index (χ0n) is 11.3. The Kier molecular flexibility index (Phi) is 5.50. The van der Waals surface area contributed by atoms with Gasteiger partial charge in [0.25, 0.3) is 10.1 Å². The number of carbonyl (C=O) groups excluding carboxylic acids is 1. The summed E-state index contributed by atoms with van der Waals surface area (Å²) in [5.74, 6) is -0.395. The van der Waals surface area contributed by atoms with Crippen LogP contribution in [0.4, 0.5) is 0 Å². The maximum atomic E-state index is 11.8. The average molecular weight is 286 g/mol. The molecule has 0 unspecified atom stereocenters. The van der Waals surface area contributed by atoms with Gasteiger partial charge in [0.1, 0.15) is 6.10 Å². The molecule has 0 aliphatic rings. The van der Waals surface area contributed by atoms with Crippen LogP contribution in [0.2, 0.25) is 0 Å². The maximum absolute atomic E-state index is 11.8. The molecule has 0 fully saturated rings. The van der Waals surface area contributed by atoms with E-state index >= 15 is 0 Å². The van der Waals surface area contributed by atoms with E-state index in [4.69, 9.17) is 8.92 Å². The van der Waals surface area contributed by atoms with E-state index in [2.05, 4.69) is 0 Å². The molecular formula is C13H18O5S. The van der Waals surface area contributed by atoms with Crippen molar-refractivity contribution in [1.82, 2.24) is 0 Å². The monoisotopic (exact) mass is 286 g/mol. The lowest BCUT2D eigenvalue weighted by molar-refractivity contribution is -0.145. The quantitative estimate of drug-likeness (QED) is 0.591. The minimum Gasteiger partial charge on any atom is -0.463 e. The highest BCUT2D eigenvalue weighted by atomic mass is 32.2. The lowest BCUT2D eigenvalue weighted by Crippen LogP contribution is -2.16. The first-order valence-corrected chi connectivity index (χ1v) is 7.35. The van der Waals surface area contributed by atoms with Crippen LogP contribution in [0.25, 0.3) is 0 Å². The third-order valence-electron chi connectivity index (χ3n) is 2.44. The largest absolute Gasteiger partial charge is 0.463 e. The lowest BCUT2D eigenvalue weighted by Gasteiger charge is -2.11. The van der Waals surface area contributed by atoms with Gasteiger partial charge in [0.05, 0.1) is 11.5 Å². The Balaban J connectivity index is 2.52. The van der Waals surface area contributed by atoms with Gasteiger partial charge in [-0.3, -0.25) is 8.98 Å². The van der Waals surface area contributed by atoms with E-state index < -0.39 is 16.1 Å². The highest BCUT2D eigenvalue weighted by Gasteiger charge is 2.15. The van der Waals surface area contributed by atoms with Crippen molar-refractivity contribution >= 4 is 16.1 Å². The van der Waals surface area contributed by atoms with Crippen LogP contribution < -0.4 is 0 Å². The van der Waals surface area contributed by atoms with Gasteiger partial charge in [-0.15, -0.1) is 0 Å². The van der Waals surface area contributed by atoms with E-state index in [1.807, 2.05) is 6.92 Å². The van der Waals surface area contributed by atoms with Crippen LogP contribution in [0, 0.1) is 6.92 Å². The summed E-state index contributed by atoms with van der Waals surface area (Å²) >= 11 is 0. The number of hydrogen-bond donors (Lipinski definition) is 0. The van der Waals surface area contributed by atoms with Crippen molar-refractivity contribution in [2.45, 2.75) is 38.2 Å². The molecule has 0 bridgehead atoms. The molecule has 0 heterocycles. The number of hydrogen-bond acceptors (Lipinski definition) is 5. The fourth-order valence-corrected chi connectivity index (χ4v) is 2.36. The Morgan fingerprint density at radius 3 is 2.37 bits per heavy atom. The Bertz CT molecular complexity index is 518. The van der Waals surface area contributed by atoms with Crippen LogP contribution in [0.5, 0.6) is 0 Å². The topological polar surface area (TPSA) is 69.7 Å². The van der Waals surface area contributed by atoms with Crippen molar-refractivity contribution in [3.05, 3.63) is 29.8 Å². The standard InChI is InChI=1S/C13H18O5S/c1-10-4-6-13(7-5-10)19(15,16)17-9-8-11(2)18-12(3)14/h4-7,11H,8-9H2,1-3H3/t11-/m0/s1. The summed E-state index contributed by atoms with van der Waals surface area (Å²) in [6.45, 7) is 4.84. The van der Waals surface area contributed by atoms with E-state index in [0.29, 0.717) is 6.42 Å². The molecule has 0 spiro atoms. The van der Waals surface area contributed by atoms with Gasteiger partial charge in [0.2, 0.25) is 0 Å². The summed E-state index contributed by atoms with van der Waals surface area (Å²) in [4.78, 5) is 10.8. The van der Waals surface area contributed by atoms with Gasteiger partial charge < -0.3 is 4.74 Å². The van der Waals surface area contributed by atoms with Gasteiger partial charge in [0.15, 0.2) is 0 Å². The molecule has 0 aromatic heterocycles. The lowest BCUT2D eigenvalue weighted by atomic mass is 10.2. The molecule has 0 aliphatic heterocycles. The van der Waals surface area contributed by atoms with Crippen molar-refractivity contribution in [2.24, 2.45) is 0 Å². The Hall–Kier alpha value is -1.40. The molecule has 6 heteroatoms. The fourth-order valence-electron chi connectivity index (χ4n) is 1.44. The van der Waals surface area contributed by atoms with E-state index in [1.165, 1.54) is 19.1 Å². The molecule has 0 radical (unpaired) electrons. The summed E-state index contributed by atoms with van der Waals surface area (Å²) < 4.78 is 33.4. The number of ether oxygens (including phenoxy) is 1. The molecule has 1 atom stereocenters. The summed E-state index contributed by atoms with van der Waals surface area (Å²) in [6.07, 6.45) is -0.0456. The highest BCUT2D eigenvalue weighted by Crippen LogP contribution is 2.14. The van der Waals surface area contributed by atoms with Gasteiger partial charge >= 0.3 is 5.97 Å². The first-order chi connectivity index (χ1) is 8.81. The van der Waals surface area contributed by atoms with Crippen molar-refractivity contribution in [1.29, 1.82) is 0 Å². The second-order valence-corrected chi connectivity index (χ2v) is 5.91. The van der Waals surface area contributed by atoms with E-state index in [9.17, 15) is 13.2 Å². The molecule has 5 nitrogen and oxygen atoms in total.